The molecule has 0 aliphatic carbocycles. The molecule has 27 heavy (non-hydrogen) atoms. The summed E-state index contributed by atoms with van der Waals surface area (Å²) in [5.41, 5.74) is 6.50. The minimum absolute atomic E-state index is 0.234. The molecule has 10 heteroatoms. The van der Waals surface area contributed by atoms with Gasteiger partial charge in [0.25, 0.3) is 15.9 Å². The molecule has 2 aromatic carbocycles. The number of H-pyrrole nitrogens is 1. The van der Waals surface area contributed by atoms with Gasteiger partial charge in [-0.1, -0.05) is 6.07 Å². The number of amides is 1. The number of sulfonamides is 1. The van der Waals surface area contributed by atoms with Gasteiger partial charge in [0.05, 0.1) is 12.6 Å². The monoisotopic (exact) mass is 389 g/mol. The number of nitrogens with two attached hydrogens (primary N) is 1. The van der Waals surface area contributed by atoms with Crippen LogP contribution in [0.5, 0.6) is 5.75 Å². The third-order valence-electron chi connectivity index (χ3n) is 3.62. The molecule has 1 heterocycles. The SMILES string of the molecule is COc1ccc(NS(=O)(=O)/C(=C\c2ccc3oc(=O)[nH]c3c2)C(N)=O)cc1. The Hall–Kier alpha value is -3.53. The van der Waals surface area contributed by atoms with Gasteiger partial charge in [-0.25, -0.2) is 13.2 Å². The standard InChI is InChI=1S/C17H15N3O6S/c1-25-12-5-3-11(4-6-12)20-27(23,24)15(16(18)21)9-10-2-7-14-13(8-10)19-17(22)26-14/h2-9,20H,1H3,(H2,18,21)(H,19,22)/b15-9-. The second-order valence-corrected chi connectivity index (χ2v) is 7.13. The van der Waals surface area contributed by atoms with Crippen LogP contribution in [-0.4, -0.2) is 26.4 Å². The number of carbonyl (C=O) groups is 1. The molecule has 3 aromatic rings. The quantitative estimate of drug-likeness (QED) is 0.544. The number of aromatic nitrogens is 1. The maximum absolute atomic E-state index is 12.6. The van der Waals surface area contributed by atoms with E-state index in [2.05, 4.69) is 9.71 Å². The summed E-state index contributed by atoms with van der Waals surface area (Å²) in [6.45, 7) is 0. The Morgan fingerprint density at radius 2 is 1.93 bits per heavy atom. The Kier molecular flexibility index (Phi) is 4.74. The van der Waals surface area contributed by atoms with Crippen LogP contribution >= 0.6 is 0 Å². The summed E-state index contributed by atoms with van der Waals surface area (Å²) in [6.07, 6.45) is 1.11. The normalized spacial score (nSPS) is 12.1. The van der Waals surface area contributed by atoms with Crippen molar-refractivity contribution in [2.45, 2.75) is 0 Å². The van der Waals surface area contributed by atoms with Crippen molar-refractivity contribution in [1.82, 2.24) is 4.98 Å². The molecule has 0 atom stereocenters. The van der Waals surface area contributed by atoms with Gasteiger partial charge in [0.2, 0.25) is 0 Å². The summed E-state index contributed by atoms with van der Waals surface area (Å²) in [6, 6.07) is 10.5. The summed E-state index contributed by atoms with van der Waals surface area (Å²) in [5.74, 6) is -1.22. The molecular weight excluding hydrogens is 374 g/mol. The smallest absolute Gasteiger partial charge is 0.417 e. The lowest BCUT2D eigenvalue weighted by Gasteiger charge is -2.10. The van der Waals surface area contributed by atoms with Crippen molar-refractivity contribution in [1.29, 1.82) is 0 Å². The number of primary amides is 1. The lowest BCUT2D eigenvalue weighted by Crippen LogP contribution is -2.25. The maximum atomic E-state index is 12.6. The molecule has 0 aliphatic rings. The molecule has 0 aliphatic heterocycles. The van der Waals surface area contributed by atoms with Crippen LogP contribution in [0.15, 0.2) is 56.6 Å². The summed E-state index contributed by atoms with van der Waals surface area (Å²) in [5, 5.41) is 0. The molecule has 0 bridgehead atoms. The van der Waals surface area contributed by atoms with Gasteiger partial charge in [0.1, 0.15) is 5.75 Å². The zero-order valence-corrected chi connectivity index (χ0v) is 14.9. The summed E-state index contributed by atoms with van der Waals surface area (Å²) in [4.78, 5) is 24.8. The van der Waals surface area contributed by atoms with Gasteiger partial charge in [-0.15, -0.1) is 0 Å². The van der Waals surface area contributed by atoms with Crippen molar-refractivity contribution in [3.63, 3.8) is 0 Å². The molecule has 1 aromatic heterocycles. The summed E-state index contributed by atoms with van der Waals surface area (Å²) >= 11 is 0. The van der Waals surface area contributed by atoms with Crippen LogP contribution in [0.25, 0.3) is 17.2 Å². The van der Waals surface area contributed by atoms with E-state index >= 15 is 0 Å². The van der Waals surface area contributed by atoms with Gasteiger partial charge in [0, 0.05) is 5.69 Å². The van der Waals surface area contributed by atoms with Crippen LogP contribution in [-0.2, 0) is 14.8 Å². The van der Waals surface area contributed by atoms with Gasteiger partial charge >= 0.3 is 5.76 Å². The van der Waals surface area contributed by atoms with E-state index < -0.39 is 26.6 Å². The fourth-order valence-corrected chi connectivity index (χ4v) is 3.47. The highest BCUT2D eigenvalue weighted by molar-refractivity contribution is 7.97. The molecule has 0 spiro atoms. The second kappa shape index (κ2) is 7.00. The highest BCUT2D eigenvalue weighted by Crippen LogP contribution is 2.21. The zero-order valence-electron chi connectivity index (χ0n) is 14.1. The number of hydrogen-bond donors (Lipinski definition) is 3. The first-order valence-corrected chi connectivity index (χ1v) is 9.08. The largest absolute Gasteiger partial charge is 0.497 e. The number of anilines is 1. The van der Waals surface area contributed by atoms with Gasteiger partial charge < -0.3 is 14.9 Å². The Bertz CT molecular complexity index is 1190. The molecule has 4 N–H and O–H groups in total. The first-order valence-electron chi connectivity index (χ1n) is 7.60. The number of fused-ring (bicyclic) bond motifs is 1. The molecule has 1 amide bonds. The van der Waals surface area contributed by atoms with E-state index in [0.29, 0.717) is 22.4 Å². The Morgan fingerprint density at radius 1 is 1.22 bits per heavy atom. The predicted molar refractivity (Wildman–Crippen MR) is 99.5 cm³/mol. The molecule has 3 rings (SSSR count). The van der Waals surface area contributed by atoms with Crippen molar-refractivity contribution in [2.24, 2.45) is 5.73 Å². The number of methoxy groups -OCH3 is 1. The third-order valence-corrected chi connectivity index (χ3v) is 5.02. The van der Waals surface area contributed by atoms with E-state index in [4.69, 9.17) is 14.9 Å². The average molecular weight is 389 g/mol. The summed E-state index contributed by atoms with van der Waals surface area (Å²) in [7, 11) is -2.76. The Morgan fingerprint density at radius 3 is 2.56 bits per heavy atom. The fraction of sp³-hybridized carbons (Fsp3) is 0.0588. The van der Waals surface area contributed by atoms with Gasteiger partial charge in [0.15, 0.2) is 10.5 Å². The van der Waals surface area contributed by atoms with Crippen LogP contribution < -0.4 is 20.9 Å². The Balaban J connectivity index is 1.97. The number of rotatable bonds is 6. The van der Waals surface area contributed by atoms with Crippen molar-refractivity contribution in [2.75, 3.05) is 11.8 Å². The zero-order chi connectivity index (χ0) is 19.6. The lowest BCUT2D eigenvalue weighted by molar-refractivity contribution is -0.113. The fourth-order valence-electron chi connectivity index (χ4n) is 2.36. The van der Waals surface area contributed by atoms with Crippen LogP contribution in [0, 0.1) is 0 Å². The minimum atomic E-state index is -4.24. The minimum Gasteiger partial charge on any atom is -0.497 e. The molecule has 0 saturated heterocycles. The van der Waals surface area contributed by atoms with Crippen molar-refractivity contribution in [3.8, 4) is 5.75 Å². The molecule has 9 nitrogen and oxygen atoms in total. The first kappa shape index (κ1) is 18.3. The second-order valence-electron chi connectivity index (χ2n) is 5.48. The topological polar surface area (TPSA) is 144 Å². The first-order chi connectivity index (χ1) is 12.8. The molecule has 0 saturated carbocycles. The molecule has 0 radical (unpaired) electrons. The van der Waals surface area contributed by atoms with Gasteiger partial charge in [-0.3, -0.25) is 14.5 Å². The number of ether oxygens (including phenoxy) is 1. The number of nitrogens with one attached hydrogen (secondary N) is 2. The van der Waals surface area contributed by atoms with Crippen LogP contribution in [0.2, 0.25) is 0 Å². The van der Waals surface area contributed by atoms with E-state index in [1.807, 2.05) is 0 Å². The van der Waals surface area contributed by atoms with E-state index in [0.717, 1.165) is 6.08 Å². The number of hydrogen-bond acceptors (Lipinski definition) is 6. The van der Waals surface area contributed by atoms with Crippen LogP contribution in [0.3, 0.4) is 0 Å². The van der Waals surface area contributed by atoms with E-state index in [1.54, 1.807) is 12.1 Å². The van der Waals surface area contributed by atoms with Crippen molar-refractivity contribution >= 4 is 38.8 Å². The highest BCUT2D eigenvalue weighted by Gasteiger charge is 2.23. The van der Waals surface area contributed by atoms with Crippen molar-refractivity contribution < 1.29 is 22.4 Å². The van der Waals surface area contributed by atoms with Crippen LogP contribution in [0.1, 0.15) is 5.56 Å². The lowest BCUT2D eigenvalue weighted by atomic mass is 10.2. The number of oxazole rings is 1. The van der Waals surface area contributed by atoms with E-state index in [1.165, 1.54) is 37.4 Å². The van der Waals surface area contributed by atoms with Crippen LogP contribution in [0.4, 0.5) is 5.69 Å². The third kappa shape index (κ3) is 4.01. The average Bonchev–Trinajstić information content (AvgIpc) is 2.98. The molecule has 0 unspecified atom stereocenters. The maximum Gasteiger partial charge on any atom is 0.417 e. The number of benzene rings is 2. The van der Waals surface area contributed by atoms with Gasteiger partial charge in [-0.2, -0.15) is 0 Å². The predicted octanol–water partition coefficient (Wildman–Crippen LogP) is 1.40. The van der Waals surface area contributed by atoms with E-state index in [-0.39, 0.29) is 5.69 Å². The number of carbonyl (C=O) groups excluding carboxylic acids is 1. The van der Waals surface area contributed by atoms with Gasteiger partial charge in [-0.05, 0) is 48.0 Å². The van der Waals surface area contributed by atoms with E-state index in [9.17, 15) is 18.0 Å². The Labute approximate surface area is 153 Å². The molecule has 140 valence electrons. The number of aromatic amines is 1. The summed E-state index contributed by atoms with van der Waals surface area (Å²) < 4.78 is 37.3. The highest BCUT2D eigenvalue weighted by atomic mass is 32.2. The molecule has 0 fully saturated rings. The molecular formula is C17H15N3O6S. The van der Waals surface area contributed by atoms with Crippen molar-refractivity contribution in [3.05, 3.63) is 63.5 Å².